The summed E-state index contributed by atoms with van der Waals surface area (Å²) in [7, 11) is -1.56. The number of aromatic amines is 1. The number of hydrogen-bond donors (Lipinski definition) is 3. The molecule has 0 spiro atoms. The quantitative estimate of drug-likeness (QED) is 0.199. The molecule has 0 saturated heterocycles. The highest BCUT2D eigenvalue weighted by Gasteiger charge is 2.17. The average Bonchev–Trinajstić information content (AvgIpc) is 2.93. The van der Waals surface area contributed by atoms with Crippen LogP contribution in [0.2, 0.25) is 19.6 Å². The third-order valence-corrected chi connectivity index (χ3v) is 7.10. The second-order valence-electron chi connectivity index (χ2n) is 7.19. The zero-order valence-electron chi connectivity index (χ0n) is 15.8. The first-order chi connectivity index (χ1) is 13.2. The molecule has 0 aliphatic carbocycles. The molecule has 0 aliphatic rings. The third-order valence-electron chi connectivity index (χ3n) is 3.80. The fourth-order valence-electron chi connectivity index (χ4n) is 2.63. The maximum absolute atomic E-state index is 13.3. The molecule has 1 heterocycles. The van der Waals surface area contributed by atoms with Crippen molar-refractivity contribution >= 4 is 46.3 Å². The van der Waals surface area contributed by atoms with E-state index in [2.05, 4.69) is 34.9 Å². The largest absolute Gasteiger partial charge is 0.494 e. The van der Waals surface area contributed by atoms with Crippen molar-refractivity contribution < 1.29 is 9.50 Å². The standard InChI is InChI=1S/C20H21FN4OSSi/c1-28(2,3)27-20(22)25-24-18(13-8-10-14(21)11-9-13)12-16-15-6-4-5-7-17(15)23-19(16)26/h4-12,22-23,26H,1-3H3/b18-12-,22-20?,25-24?. The van der Waals surface area contributed by atoms with Gasteiger partial charge >= 0.3 is 0 Å². The number of amidine groups is 1. The first-order valence-electron chi connectivity index (χ1n) is 8.69. The van der Waals surface area contributed by atoms with E-state index < -0.39 is 7.22 Å². The van der Waals surface area contributed by atoms with Gasteiger partial charge in [-0.3, -0.25) is 5.41 Å². The van der Waals surface area contributed by atoms with Crippen LogP contribution in [0.15, 0.2) is 58.8 Å². The number of H-pyrrole nitrogens is 1. The lowest BCUT2D eigenvalue weighted by atomic mass is 10.1. The number of azo groups is 1. The molecule has 0 atom stereocenters. The smallest absolute Gasteiger partial charge is 0.196 e. The lowest BCUT2D eigenvalue weighted by Crippen LogP contribution is -2.16. The molecule has 8 heteroatoms. The van der Waals surface area contributed by atoms with Crippen LogP contribution in [0.1, 0.15) is 11.1 Å². The molecule has 5 nitrogen and oxygen atoms in total. The summed E-state index contributed by atoms with van der Waals surface area (Å²) in [5.74, 6) is -0.334. The number of benzene rings is 2. The Morgan fingerprint density at radius 1 is 1.11 bits per heavy atom. The van der Waals surface area contributed by atoms with E-state index in [0.29, 0.717) is 16.8 Å². The van der Waals surface area contributed by atoms with Gasteiger partial charge in [0.05, 0.1) is 5.70 Å². The Morgan fingerprint density at radius 2 is 1.79 bits per heavy atom. The Kier molecular flexibility index (Phi) is 5.81. The molecule has 144 valence electrons. The van der Waals surface area contributed by atoms with Crippen LogP contribution in [0, 0.1) is 11.2 Å². The van der Waals surface area contributed by atoms with E-state index in [1.54, 1.807) is 18.2 Å². The number of rotatable bonds is 4. The number of nitrogens with one attached hydrogen (secondary N) is 2. The van der Waals surface area contributed by atoms with Crippen LogP contribution in [-0.2, 0) is 0 Å². The van der Waals surface area contributed by atoms with Gasteiger partial charge in [-0.1, -0.05) is 37.8 Å². The maximum Gasteiger partial charge on any atom is 0.196 e. The molecular formula is C20H21FN4OSSi. The fraction of sp³-hybridized carbons (Fsp3) is 0.150. The molecule has 0 amide bonds. The van der Waals surface area contributed by atoms with Gasteiger partial charge in [0.25, 0.3) is 0 Å². The number of nitrogens with zero attached hydrogens (tertiary/aromatic N) is 2. The van der Waals surface area contributed by atoms with Crippen molar-refractivity contribution in [3.8, 4) is 5.88 Å². The molecule has 1 aromatic heterocycles. The summed E-state index contributed by atoms with van der Waals surface area (Å²) >= 11 is 1.43. The van der Waals surface area contributed by atoms with Crippen molar-refractivity contribution in [1.82, 2.24) is 4.98 Å². The first-order valence-corrected chi connectivity index (χ1v) is 13.7. The molecule has 0 bridgehead atoms. The number of fused-ring (bicyclic) bond motifs is 1. The average molecular weight is 413 g/mol. The normalized spacial score (nSPS) is 12.8. The Morgan fingerprint density at radius 3 is 2.46 bits per heavy atom. The number of hydrogen-bond acceptors (Lipinski definition) is 4. The molecule has 0 aliphatic heterocycles. The van der Waals surface area contributed by atoms with Crippen LogP contribution < -0.4 is 0 Å². The van der Waals surface area contributed by atoms with Crippen LogP contribution in [0.25, 0.3) is 22.7 Å². The number of aromatic hydroxyl groups is 1. The van der Waals surface area contributed by atoms with Gasteiger partial charge in [-0.15, -0.1) is 21.4 Å². The molecule has 0 saturated carbocycles. The second-order valence-corrected chi connectivity index (χ2v) is 16.3. The van der Waals surface area contributed by atoms with Crippen LogP contribution in [-0.4, -0.2) is 22.5 Å². The summed E-state index contributed by atoms with van der Waals surface area (Å²) in [6.45, 7) is 6.38. The van der Waals surface area contributed by atoms with Gasteiger partial charge in [0.15, 0.2) is 11.0 Å². The molecule has 3 N–H and O–H groups in total. The summed E-state index contributed by atoms with van der Waals surface area (Å²) in [5.41, 5.74) is 2.43. The fourth-order valence-corrected chi connectivity index (χ4v) is 5.16. The molecule has 3 rings (SSSR count). The van der Waals surface area contributed by atoms with Crippen LogP contribution in [0.5, 0.6) is 5.88 Å². The van der Waals surface area contributed by atoms with Crippen molar-refractivity contribution in [2.45, 2.75) is 19.6 Å². The Balaban J connectivity index is 2.05. The molecular weight excluding hydrogens is 391 g/mol. The van der Waals surface area contributed by atoms with Crippen molar-refractivity contribution in [2.75, 3.05) is 0 Å². The van der Waals surface area contributed by atoms with Gasteiger partial charge in [-0.2, -0.15) is 0 Å². The minimum atomic E-state index is -1.56. The minimum absolute atomic E-state index is 0.0163. The van der Waals surface area contributed by atoms with Gasteiger partial charge in [-0.05, 0) is 36.4 Å². The highest BCUT2D eigenvalue weighted by Crippen LogP contribution is 2.32. The van der Waals surface area contributed by atoms with Crippen LogP contribution in [0.3, 0.4) is 0 Å². The van der Waals surface area contributed by atoms with Crippen molar-refractivity contribution in [3.05, 3.63) is 65.5 Å². The van der Waals surface area contributed by atoms with Gasteiger partial charge in [0.1, 0.15) is 13.0 Å². The summed E-state index contributed by atoms with van der Waals surface area (Å²) < 4.78 is 13.3. The lowest BCUT2D eigenvalue weighted by Gasteiger charge is -2.12. The highest BCUT2D eigenvalue weighted by molar-refractivity contribution is 8.39. The van der Waals surface area contributed by atoms with Crippen molar-refractivity contribution in [1.29, 1.82) is 5.41 Å². The predicted molar refractivity (Wildman–Crippen MR) is 118 cm³/mol. The molecule has 2 aromatic carbocycles. The van der Waals surface area contributed by atoms with Crippen molar-refractivity contribution in [2.24, 2.45) is 10.2 Å². The zero-order valence-corrected chi connectivity index (χ0v) is 17.6. The van der Waals surface area contributed by atoms with E-state index in [4.69, 9.17) is 5.41 Å². The zero-order chi connectivity index (χ0) is 20.3. The Bertz CT molecular complexity index is 1070. The maximum atomic E-state index is 13.3. The first kappa shape index (κ1) is 20.0. The summed E-state index contributed by atoms with van der Waals surface area (Å²) in [6.07, 6.45) is 1.69. The number of halogens is 1. The minimum Gasteiger partial charge on any atom is -0.494 e. The molecule has 0 fully saturated rings. The van der Waals surface area contributed by atoms with E-state index >= 15 is 0 Å². The predicted octanol–water partition coefficient (Wildman–Crippen LogP) is 6.47. The summed E-state index contributed by atoms with van der Waals surface area (Å²) in [4.78, 5) is 2.93. The number of aromatic nitrogens is 1. The van der Waals surface area contributed by atoms with E-state index in [1.807, 2.05) is 24.3 Å². The highest BCUT2D eigenvalue weighted by atomic mass is 32.4. The van der Waals surface area contributed by atoms with Gasteiger partial charge in [0, 0.05) is 22.0 Å². The molecule has 28 heavy (non-hydrogen) atoms. The Hall–Kier alpha value is -2.71. The van der Waals surface area contributed by atoms with E-state index in [0.717, 1.165) is 10.9 Å². The van der Waals surface area contributed by atoms with Crippen LogP contribution >= 0.6 is 11.2 Å². The third kappa shape index (κ3) is 4.96. The molecule has 0 radical (unpaired) electrons. The van der Waals surface area contributed by atoms with Gasteiger partial charge < -0.3 is 10.1 Å². The monoisotopic (exact) mass is 412 g/mol. The molecule has 3 aromatic rings. The summed E-state index contributed by atoms with van der Waals surface area (Å²) in [5, 5.41) is 27.6. The van der Waals surface area contributed by atoms with E-state index in [-0.39, 0.29) is 16.9 Å². The van der Waals surface area contributed by atoms with Crippen molar-refractivity contribution in [3.63, 3.8) is 0 Å². The number of para-hydroxylation sites is 1. The Labute approximate surface area is 167 Å². The topological polar surface area (TPSA) is 84.6 Å². The van der Waals surface area contributed by atoms with E-state index in [9.17, 15) is 9.50 Å². The van der Waals surface area contributed by atoms with Gasteiger partial charge in [0.2, 0.25) is 0 Å². The summed E-state index contributed by atoms with van der Waals surface area (Å²) in [6, 6.07) is 13.4. The molecule has 0 unspecified atom stereocenters. The SMILES string of the molecule is C[Si](C)(C)SC(=N)N=N/C(=C\c1c(O)[nH]c2ccccc12)c1ccc(F)cc1. The van der Waals surface area contributed by atoms with Crippen LogP contribution in [0.4, 0.5) is 4.39 Å². The van der Waals surface area contributed by atoms with Gasteiger partial charge in [-0.25, -0.2) is 4.39 Å². The lowest BCUT2D eigenvalue weighted by molar-refractivity contribution is 0.457. The van der Waals surface area contributed by atoms with E-state index in [1.165, 1.54) is 23.3 Å². The second kappa shape index (κ2) is 8.11.